The lowest BCUT2D eigenvalue weighted by Gasteiger charge is -2.10. The van der Waals surface area contributed by atoms with Crippen molar-refractivity contribution < 1.29 is 13.5 Å². The van der Waals surface area contributed by atoms with E-state index in [1.807, 2.05) is 6.07 Å². The molecule has 21 heavy (non-hydrogen) atoms. The third-order valence-electron chi connectivity index (χ3n) is 2.72. The van der Waals surface area contributed by atoms with Gasteiger partial charge in [0.25, 0.3) is 10.0 Å². The van der Waals surface area contributed by atoms with Gasteiger partial charge in [0.05, 0.1) is 23.1 Å². The van der Waals surface area contributed by atoms with E-state index in [-0.39, 0.29) is 22.8 Å². The van der Waals surface area contributed by atoms with Gasteiger partial charge in [-0.1, -0.05) is 28.1 Å². The number of nitrogens with one attached hydrogen (secondary N) is 1. The Hall–Kier alpha value is -2.04. The van der Waals surface area contributed by atoms with Gasteiger partial charge in [-0.3, -0.25) is 4.72 Å². The number of aromatic hydroxyl groups is 1. The highest BCUT2D eigenvalue weighted by atomic mass is 79.9. The molecule has 108 valence electrons. The molecule has 0 aliphatic rings. The molecule has 2 aromatic carbocycles. The van der Waals surface area contributed by atoms with Crippen LogP contribution in [-0.4, -0.2) is 13.5 Å². The number of benzene rings is 2. The van der Waals surface area contributed by atoms with Crippen LogP contribution in [0.2, 0.25) is 0 Å². The molecule has 0 saturated carbocycles. The Bertz CT molecular complexity index is 796. The van der Waals surface area contributed by atoms with Gasteiger partial charge in [0.1, 0.15) is 5.75 Å². The summed E-state index contributed by atoms with van der Waals surface area (Å²) in [6.07, 6.45) is 0.222. The topological polar surface area (TPSA) is 90.2 Å². The maximum atomic E-state index is 12.2. The summed E-state index contributed by atoms with van der Waals surface area (Å²) in [6, 6.07) is 12.5. The molecule has 0 aromatic heterocycles. The van der Waals surface area contributed by atoms with Crippen molar-refractivity contribution >= 4 is 31.6 Å². The lowest BCUT2D eigenvalue weighted by atomic mass is 10.2. The second-order valence-corrected chi connectivity index (χ2v) is 6.84. The highest BCUT2D eigenvalue weighted by molar-refractivity contribution is 9.10. The predicted octanol–water partition coefficient (Wildman–Crippen LogP) is 3.02. The fourth-order valence-corrected chi connectivity index (χ4v) is 3.10. The summed E-state index contributed by atoms with van der Waals surface area (Å²) in [5, 5.41) is 18.3. The Labute approximate surface area is 131 Å². The highest BCUT2D eigenvalue weighted by Crippen LogP contribution is 2.29. The van der Waals surface area contributed by atoms with Crippen molar-refractivity contribution in [1.29, 1.82) is 5.26 Å². The second-order valence-electron chi connectivity index (χ2n) is 4.25. The number of rotatable bonds is 4. The number of hydrogen-bond acceptors (Lipinski definition) is 4. The predicted molar refractivity (Wildman–Crippen MR) is 82.4 cm³/mol. The summed E-state index contributed by atoms with van der Waals surface area (Å²) >= 11 is 3.21. The zero-order valence-corrected chi connectivity index (χ0v) is 13.1. The second kappa shape index (κ2) is 6.16. The summed E-state index contributed by atoms with van der Waals surface area (Å²) in [7, 11) is -3.80. The first-order chi connectivity index (χ1) is 9.92. The van der Waals surface area contributed by atoms with Gasteiger partial charge in [-0.25, -0.2) is 8.42 Å². The summed E-state index contributed by atoms with van der Waals surface area (Å²) in [5.41, 5.74) is 0.826. The first-order valence-corrected chi connectivity index (χ1v) is 8.17. The van der Waals surface area contributed by atoms with Crippen molar-refractivity contribution in [2.45, 2.75) is 11.3 Å². The molecule has 2 N–H and O–H groups in total. The molecule has 0 heterocycles. The number of halogens is 1. The Morgan fingerprint density at radius 2 is 1.86 bits per heavy atom. The summed E-state index contributed by atoms with van der Waals surface area (Å²) < 4.78 is 27.4. The number of nitrogens with zero attached hydrogens (tertiary/aromatic N) is 1. The van der Waals surface area contributed by atoms with Gasteiger partial charge in [-0.2, -0.15) is 5.26 Å². The molecule has 0 aliphatic carbocycles. The molecule has 0 saturated heterocycles. The van der Waals surface area contributed by atoms with Crippen LogP contribution in [0.1, 0.15) is 5.56 Å². The molecular weight excluding hydrogens is 356 g/mol. The minimum Gasteiger partial charge on any atom is -0.506 e. The number of phenolic OH excluding ortho intramolecular Hbond substituents is 1. The Kier molecular flexibility index (Phi) is 4.50. The first-order valence-electron chi connectivity index (χ1n) is 5.89. The number of phenols is 1. The Morgan fingerprint density at radius 3 is 2.48 bits per heavy atom. The smallest absolute Gasteiger partial charge is 0.262 e. The monoisotopic (exact) mass is 366 g/mol. The molecule has 0 fully saturated rings. The zero-order valence-electron chi connectivity index (χ0n) is 10.7. The third kappa shape index (κ3) is 3.74. The molecule has 0 spiro atoms. The molecule has 0 amide bonds. The van der Waals surface area contributed by atoms with E-state index < -0.39 is 10.0 Å². The van der Waals surface area contributed by atoms with E-state index >= 15 is 0 Å². The standard InChI is InChI=1S/C14H11BrN2O3S/c15-11-3-6-14(18)13(9-11)17-21(19,20)12-4-1-10(2-5-12)7-8-16/h1-6,9,17-18H,7H2. The van der Waals surface area contributed by atoms with Crippen molar-refractivity contribution in [2.24, 2.45) is 0 Å². The van der Waals surface area contributed by atoms with Crippen molar-refractivity contribution in [1.82, 2.24) is 0 Å². The van der Waals surface area contributed by atoms with Crippen LogP contribution in [0.3, 0.4) is 0 Å². The third-order valence-corrected chi connectivity index (χ3v) is 4.59. The normalized spacial score (nSPS) is 10.9. The molecule has 0 radical (unpaired) electrons. The van der Waals surface area contributed by atoms with Crippen molar-refractivity contribution in [3.8, 4) is 11.8 Å². The van der Waals surface area contributed by atoms with Gasteiger partial charge in [0.15, 0.2) is 0 Å². The van der Waals surface area contributed by atoms with Crippen LogP contribution < -0.4 is 4.72 Å². The number of sulfonamides is 1. The van der Waals surface area contributed by atoms with Gasteiger partial charge in [-0.15, -0.1) is 0 Å². The van der Waals surface area contributed by atoms with E-state index in [1.165, 1.54) is 24.3 Å². The van der Waals surface area contributed by atoms with E-state index in [1.54, 1.807) is 18.2 Å². The van der Waals surface area contributed by atoms with E-state index in [2.05, 4.69) is 20.7 Å². The maximum absolute atomic E-state index is 12.2. The molecule has 0 atom stereocenters. The van der Waals surface area contributed by atoms with Crippen molar-refractivity contribution in [2.75, 3.05) is 4.72 Å². The van der Waals surface area contributed by atoms with E-state index in [4.69, 9.17) is 5.26 Å². The van der Waals surface area contributed by atoms with Crippen molar-refractivity contribution in [3.63, 3.8) is 0 Å². The largest absolute Gasteiger partial charge is 0.506 e. The van der Waals surface area contributed by atoms with Crippen LogP contribution in [0.25, 0.3) is 0 Å². The van der Waals surface area contributed by atoms with Crippen LogP contribution >= 0.6 is 15.9 Å². The van der Waals surface area contributed by atoms with Crippen LogP contribution in [-0.2, 0) is 16.4 Å². The molecule has 0 aliphatic heterocycles. The fourth-order valence-electron chi connectivity index (χ4n) is 1.67. The Balaban J connectivity index is 2.30. The quantitative estimate of drug-likeness (QED) is 0.813. The van der Waals surface area contributed by atoms with E-state index in [0.717, 1.165) is 5.56 Å². The highest BCUT2D eigenvalue weighted by Gasteiger charge is 2.16. The average Bonchev–Trinajstić information content (AvgIpc) is 2.44. The average molecular weight is 367 g/mol. The van der Waals surface area contributed by atoms with Gasteiger partial charge in [0.2, 0.25) is 0 Å². The zero-order chi connectivity index (χ0) is 15.5. The minimum absolute atomic E-state index is 0.0589. The first kappa shape index (κ1) is 15.4. The molecule has 0 unspecified atom stereocenters. The number of nitriles is 1. The minimum atomic E-state index is -3.80. The maximum Gasteiger partial charge on any atom is 0.262 e. The van der Waals surface area contributed by atoms with Gasteiger partial charge in [-0.05, 0) is 35.9 Å². The van der Waals surface area contributed by atoms with Crippen LogP contribution in [0.15, 0.2) is 51.8 Å². The molecule has 2 rings (SSSR count). The summed E-state index contributed by atoms with van der Waals surface area (Å²) in [6.45, 7) is 0. The van der Waals surface area contributed by atoms with Crippen LogP contribution in [0, 0.1) is 11.3 Å². The lowest BCUT2D eigenvalue weighted by molar-refractivity contribution is 0.477. The van der Waals surface area contributed by atoms with Gasteiger partial charge >= 0.3 is 0 Å². The number of hydrogen-bond donors (Lipinski definition) is 2. The summed E-state index contributed by atoms with van der Waals surface area (Å²) in [5.74, 6) is -0.164. The molecule has 2 aromatic rings. The lowest BCUT2D eigenvalue weighted by Crippen LogP contribution is -2.13. The molecule has 5 nitrogen and oxygen atoms in total. The molecular formula is C14H11BrN2O3S. The SMILES string of the molecule is N#CCc1ccc(S(=O)(=O)Nc2cc(Br)ccc2O)cc1. The van der Waals surface area contributed by atoms with Crippen molar-refractivity contribution in [3.05, 3.63) is 52.5 Å². The van der Waals surface area contributed by atoms with E-state index in [0.29, 0.717) is 4.47 Å². The molecule has 0 bridgehead atoms. The van der Waals surface area contributed by atoms with Crippen LogP contribution in [0.5, 0.6) is 5.75 Å². The fraction of sp³-hybridized carbons (Fsp3) is 0.0714. The van der Waals surface area contributed by atoms with E-state index in [9.17, 15) is 13.5 Å². The molecule has 7 heteroatoms. The summed E-state index contributed by atoms with van der Waals surface area (Å²) in [4.78, 5) is 0.0589. The number of anilines is 1. The van der Waals surface area contributed by atoms with Gasteiger partial charge < -0.3 is 5.11 Å². The van der Waals surface area contributed by atoms with Crippen LogP contribution in [0.4, 0.5) is 5.69 Å². The van der Waals surface area contributed by atoms with Gasteiger partial charge in [0, 0.05) is 4.47 Å². The Morgan fingerprint density at radius 1 is 1.19 bits per heavy atom.